The molecule has 0 aromatic rings. The molecule has 1 atom stereocenters. The van der Waals surface area contributed by atoms with E-state index >= 15 is 0 Å². The largest absolute Gasteiger partial charge is 0.356 e. The number of carbonyl (C=O) groups excluding carboxylic acids is 1. The Hall–Kier alpha value is 0.0900. The van der Waals surface area contributed by atoms with Gasteiger partial charge in [0.1, 0.15) is 17.3 Å². The van der Waals surface area contributed by atoms with Gasteiger partial charge in [0, 0.05) is 32.5 Å². The molecule has 6 nitrogen and oxygen atoms in total. The Labute approximate surface area is 182 Å². The Morgan fingerprint density at radius 3 is 2.28 bits per heavy atom. The van der Waals surface area contributed by atoms with Gasteiger partial charge in [0.2, 0.25) is 5.91 Å². The van der Waals surface area contributed by atoms with E-state index in [2.05, 4.69) is 17.6 Å². The molecule has 1 saturated heterocycles. The molecule has 0 aromatic carbocycles. The van der Waals surface area contributed by atoms with Crippen molar-refractivity contribution in [2.45, 2.75) is 77.6 Å². The second kappa shape index (κ2) is 20.0. The maximum absolute atomic E-state index is 11.8. The Morgan fingerprint density at radius 2 is 1.59 bits per heavy atom. The van der Waals surface area contributed by atoms with Gasteiger partial charge in [0.25, 0.3) is 0 Å². The molecule has 0 aliphatic carbocycles. The molecule has 1 rings (SSSR count). The molecule has 0 bridgehead atoms. The monoisotopic (exact) mass is 451 g/mol. The van der Waals surface area contributed by atoms with Crippen LogP contribution in [0.5, 0.6) is 0 Å². The van der Waals surface area contributed by atoms with Crippen LogP contribution in [0.15, 0.2) is 0 Å². The average molecular weight is 452 g/mol. The van der Waals surface area contributed by atoms with E-state index in [1.165, 1.54) is 62.2 Å². The van der Waals surface area contributed by atoms with Crippen molar-refractivity contribution >= 4 is 25.4 Å². The molecule has 0 saturated carbocycles. The molecular formula is C21H44N2O4PS+. The molecule has 0 aromatic heterocycles. The van der Waals surface area contributed by atoms with Gasteiger partial charge in [-0.25, -0.2) is 0 Å². The van der Waals surface area contributed by atoms with E-state index in [0.717, 1.165) is 32.5 Å². The molecule has 1 heterocycles. The van der Waals surface area contributed by atoms with Crippen LogP contribution in [0.1, 0.15) is 77.6 Å². The van der Waals surface area contributed by atoms with Crippen LogP contribution in [-0.4, -0.2) is 60.9 Å². The molecule has 1 unspecified atom stereocenters. The first-order valence-corrected chi connectivity index (χ1v) is 14.4. The maximum atomic E-state index is 11.8. The molecular weight excluding hydrogens is 407 g/mol. The summed E-state index contributed by atoms with van der Waals surface area (Å²) in [6.07, 6.45) is 12.2. The van der Waals surface area contributed by atoms with Crippen LogP contribution in [-0.2, 0) is 24.7 Å². The van der Waals surface area contributed by atoms with E-state index < -0.39 is 8.60 Å². The predicted molar refractivity (Wildman–Crippen MR) is 125 cm³/mol. The summed E-state index contributed by atoms with van der Waals surface area (Å²) in [4.78, 5) is 21.6. The molecule has 0 radical (unpaired) electrons. The Bertz CT molecular complexity index is 388. The second-order valence-electron chi connectivity index (χ2n) is 7.66. The summed E-state index contributed by atoms with van der Waals surface area (Å²) in [6.45, 7) is 6.19. The molecule has 29 heavy (non-hydrogen) atoms. The summed E-state index contributed by atoms with van der Waals surface area (Å²) >= 11 is 0. The summed E-state index contributed by atoms with van der Waals surface area (Å²) in [5, 5.41) is 6.35. The summed E-state index contributed by atoms with van der Waals surface area (Å²) in [5.41, 5.74) is 0. The van der Waals surface area contributed by atoms with Gasteiger partial charge in [-0.15, -0.1) is 0 Å². The lowest BCUT2D eigenvalue weighted by Crippen LogP contribution is -2.37. The highest BCUT2D eigenvalue weighted by atomic mass is 32.2. The zero-order valence-electron chi connectivity index (χ0n) is 18.5. The van der Waals surface area contributed by atoms with Crippen LogP contribution in [0.3, 0.4) is 0 Å². The number of hydrogen-bond donors (Lipinski definition) is 3. The average Bonchev–Trinajstić information content (AvgIpc) is 2.74. The fourth-order valence-electron chi connectivity index (χ4n) is 3.26. The summed E-state index contributed by atoms with van der Waals surface area (Å²) in [5.74, 6) is 3.80. The van der Waals surface area contributed by atoms with E-state index in [4.69, 9.17) is 9.05 Å². The first kappa shape index (κ1) is 27.1. The summed E-state index contributed by atoms with van der Waals surface area (Å²) in [6, 6.07) is 0. The standard InChI is InChI=1S/C21H43N2O4PS/c1-2-3-4-5-6-7-8-9-13-23-21(24)12-10-16-26-28(25)27-17-11-18-29-19-14-22-15-20-29/h22,25H,2-20H2,1H3/p+1. The van der Waals surface area contributed by atoms with E-state index in [9.17, 15) is 9.69 Å². The van der Waals surface area contributed by atoms with Crippen LogP contribution in [0.25, 0.3) is 0 Å². The van der Waals surface area contributed by atoms with Crippen molar-refractivity contribution < 1.29 is 18.7 Å². The van der Waals surface area contributed by atoms with E-state index in [0.29, 0.717) is 37.0 Å². The number of nitrogens with one attached hydrogen (secondary N) is 2. The van der Waals surface area contributed by atoms with Crippen LogP contribution in [0.2, 0.25) is 0 Å². The molecule has 8 heteroatoms. The van der Waals surface area contributed by atoms with Crippen molar-refractivity contribution in [3.8, 4) is 0 Å². The van der Waals surface area contributed by atoms with Crippen molar-refractivity contribution in [3.63, 3.8) is 0 Å². The zero-order chi connectivity index (χ0) is 21.0. The van der Waals surface area contributed by atoms with Gasteiger partial charge in [0.05, 0.1) is 13.2 Å². The molecule has 172 valence electrons. The lowest BCUT2D eigenvalue weighted by molar-refractivity contribution is -0.121. The van der Waals surface area contributed by atoms with Gasteiger partial charge in [-0.3, -0.25) is 4.79 Å². The SMILES string of the molecule is CCCCCCCCCCNC(=O)CCCOP(O)OCCC[S+]1CCNCC1. The molecule has 3 N–H and O–H groups in total. The van der Waals surface area contributed by atoms with E-state index in [1.807, 2.05) is 0 Å². The Balaban J connectivity index is 1.81. The molecule has 1 aliphatic rings. The Kier molecular flexibility index (Phi) is 18.7. The third kappa shape index (κ3) is 17.5. The molecule has 1 fully saturated rings. The fourth-order valence-corrected chi connectivity index (χ4v) is 5.91. The van der Waals surface area contributed by atoms with Gasteiger partial charge >= 0.3 is 8.60 Å². The van der Waals surface area contributed by atoms with Gasteiger partial charge in [-0.05, 0) is 23.7 Å². The third-order valence-corrected chi connectivity index (χ3v) is 8.25. The fraction of sp³-hybridized carbons (Fsp3) is 0.952. The lowest BCUT2D eigenvalue weighted by Gasteiger charge is -2.15. The predicted octanol–water partition coefficient (Wildman–Crippen LogP) is 3.89. The number of rotatable bonds is 19. The Morgan fingerprint density at radius 1 is 0.966 bits per heavy atom. The smallest absolute Gasteiger partial charge is 0.329 e. The third-order valence-electron chi connectivity index (χ3n) is 5.02. The van der Waals surface area contributed by atoms with Crippen molar-refractivity contribution in [3.05, 3.63) is 0 Å². The number of hydrogen-bond acceptors (Lipinski definition) is 5. The number of carbonyl (C=O) groups is 1. The number of unbranched alkanes of at least 4 members (excludes halogenated alkanes) is 7. The highest BCUT2D eigenvalue weighted by molar-refractivity contribution is 7.96. The normalized spacial score (nSPS) is 16.1. The van der Waals surface area contributed by atoms with Crippen LogP contribution in [0, 0.1) is 0 Å². The van der Waals surface area contributed by atoms with Crippen LogP contribution < -0.4 is 10.6 Å². The lowest BCUT2D eigenvalue weighted by atomic mass is 10.1. The highest BCUT2D eigenvalue weighted by Gasteiger charge is 2.20. The van der Waals surface area contributed by atoms with E-state index in [-0.39, 0.29) is 5.91 Å². The van der Waals surface area contributed by atoms with E-state index in [1.54, 1.807) is 0 Å². The van der Waals surface area contributed by atoms with Crippen molar-refractivity contribution in [1.29, 1.82) is 0 Å². The van der Waals surface area contributed by atoms with Crippen molar-refractivity contribution in [1.82, 2.24) is 10.6 Å². The van der Waals surface area contributed by atoms with Gasteiger partial charge < -0.3 is 24.6 Å². The van der Waals surface area contributed by atoms with Gasteiger partial charge in [-0.1, -0.05) is 51.9 Å². The number of amides is 1. The quantitative estimate of drug-likeness (QED) is 0.158. The van der Waals surface area contributed by atoms with Crippen LogP contribution >= 0.6 is 8.60 Å². The topological polar surface area (TPSA) is 79.8 Å². The second-order valence-corrected chi connectivity index (χ2v) is 11.1. The van der Waals surface area contributed by atoms with Crippen molar-refractivity contribution in [2.24, 2.45) is 0 Å². The summed E-state index contributed by atoms with van der Waals surface area (Å²) in [7, 11) is -1.29. The molecule has 1 amide bonds. The minimum atomic E-state index is -1.81. The molecule has 1 aliphatic heterocycles. The minimum absolute atomic E-state index is 0.0719. The zero-order valence-corrected chi connectivity index (χ0v) is 20.2. The maximum Gasteiger partial charge on any atom is 0.329 e. The summed E-state index contributed by atoms with van der Waals surface area (Å²) < 4.78 is 10.7. The molecule has 0 spiro atoms. The highest BCUT2D eigenvalue weighted by Crippen LogP contribution is 2.32. The van der Waals surface area contributed by atoms with Crippen LogP contribution in [0.4, 0.5) is 0 Å². The first-order valence-electron chi connectivity index (χ1n) is 11.6. The van der Waals surface area contributed by atoms with Gasteiger partial charge in [0.15, 0.2) is 0 Å². The van der Waals surface area contributed by atoms with Crippen molar-refractivity contribution in [2.75, 3.05) is 50.1 Å². The van der Waals surface area contributed by atoms with Gasteiger partial charge in [-0.2, -0.15) is 0 Å². The minimum Gasteiger partial charge on any atom is -0.356 e. The first-order chi connectivity index (χ1) is 14.2.